The number of rotatable bonds is 3. The van der Waals surface area contributed by atoms with E-state index in [1.54, 1.807) is 38.1 Å². The van der Waals surface area contributed by atoms with E-state index in [4.69, 9.17) is 0 Å². The van der Waals surface area contributed by atoms with Gasteiger partial charge >= 0.3 is 0 Å². The summed E-state index contributed by atoms with van der Waals surface area (Å²) in [4.78, 5) is 12.3. The summed E-state index contributed by atoms with van der Waals surface area (Å²) in [5.74, 6) is -0.534. The molecule has 0 spiro atoms. The fraction of sp³-hybridized carbons (Fsp3) is 0.235. The van der Waals surface area contributed by atoms with Gasteiger partial charge in [-0.05, 0) is 66.6 Å². The van der Waals surface area contributed by atoms with Gasteiger partial charge in [-0.2, -0.15) is 0 Å². The lowest BCUT2D eigenvalue weighted by Gasteiger charge is -2.24. The van der Waals surface area contributed by atoms with Crippen LogP contribution >= 0.6 is 22.6 Å². The van der Waals surface area contributed by atoms with Crippen molar-refractivity contribution in [2.24, 2.45) is 0 Å². The van der Waals surface area contributed by atoms with E-state index < -0.39 is 15.9 Å². The van der Waals surface area contributed by atoms with Crippen LogP contribution in [-0.4, -0.2) is 14.3 Å². The lowest BCUT2D eigenvalue weighted by Crippen LogP contribution is -2.36. The molecule has 0 aliphatic rings. The highest BCUT2D eigenvalue weighted by Gasteiger charge is 2.32. The molecule has 0 aliphatic carbocycles. The quantitative estimate of drug-likeness (QED) is 0.675. The van der Waals surface area contributed by atoms with Crippen molar-refractivity contribution in [2.45, 2.75) is 32.6 Å². The van der Waals surface area contributed by atoms with Crippen molar-refractivity contribution in [3.05, 3.63) is 56.7 Å². The summed E-state index contributed by atoms with van der Waals surface area (Å²) in [6.07, 6.45) is 0. The normalized spacial score (nSPS) is 11.3. The third kappa shape index (κ3) is 3.42. The van der Waals surface area contributed by atoms with Crippen LogP contribution in [0.4, 0.5) is 5.69 Å². The Bertz CT molecular complexity index is 852. The largest absolute Gasteiger partial charge is 0.274 e. The molecular formula is C17H18INO3S. The molecule has 0 fully saturated rings. The first-order valence-corrected chi connectivity index (χ1v) is 9.56. The van der Waals surface area contributed by atoms with E-state index in [2.05, 4.69) is 0 Å². The van der Waals surface area contributed by atoms with E-state index in [9.17, 15) is 13.2 Å². The number of carbonyl (C=O) groups is 1. The molecule has 0 bridgehead atoms. The molecule has 0 saturated heterocycles. The molecule has 0 aromatic heterocycles. The molecule has 6 heteroatoms. The molecule has 23 heavy (non-hydrogen) atoms. The van der Waals surface area contributed by atoms with Gasteiger partial charge in [0.25, 0.3) is 10.0 Å². The highest BCUT2D eigenvalue weighted by molar-refractivity contribution is 14.1. The molecule has 0 N–H and O–H groups in total. The molecule has 2 aromatic carbocycles. The Morgan fingerprint density at radius 1 is 1.04 bits per heavy atom. The molecule has 0 radical (unpaired) electrons. The number of halogens is 1. The van der Waals surface area contributed by atoms with Crippen molar-refractivity contribution >= 4 is 44.2 Å². The first kappa shape index (κ1) is 17.9. The summed E-state index contributed by atoms with van der Waals surface area (Å²) in [6, 6.07) is 10.6. The molecule has 0 atom stereocenters. The monoisotopic (exact) mass is 443 g/mol. The van der Waals surface area contributed by atoms with E-state index in [1.165, 1.54) is 6.92 Å². The van der Waals surface area contributed by atoms with Gasteiger partial charge in [-0.1, -0.05) is 29.8 Å². The van der Waals surface area contributed by atoms with Gasteiger partial charge in [-0.3, -0.25) is 4.79 Å². The number of anilines is 1. The van der Waals surface area contributed by atoms with Crippen LogP contribution in [0.1, 0.15) is 23.6 Å². The van der Waals surface area contributed by atoms with Crippen molar-refractivity contribution in [3.8, 4) is 0 Å². The molecule has 0 heterocycles. The summed E-state index contributed by atoms with van der Waals surface area (Å²) in [5.41, 5.74) is 2.64. The van der Waals surface area contributed by atoms with Crippen molar-refractivity contribution in [2.75, 3.05) is 4.31 Å². The van der Waals surface area contributed by atoms with Gasteiger partial charge in [0.15, 0.2) is 0 Å². The molecule has 0 saturated carbocycles. The minimum absolute atomic E-state index is 0.193. The van der Waals surface area contributed by atoms with Gasteiger partial charge in [0.05, 0.1) is 10.6 Å². The van der Waals surface area contributed by atoms with E-state index in [0.717, 1.165) is 9.87 Å². The molecule has 1 amide bonds. The van der Waals surface area contributed by atoms with Crippen LogP contribution in [0.15, 0.2) is 41.3 Å². The second-order valence-electron chi connectivity index (χ2n) is 5.47. The zero-order chi connectivity index (χ0) is 17.4. The van der Waals surface area contributed by atoms with Gasteiger partial charge < -0.3 is 0 Å². The van der Waals surface area contributed by atoms with Crippen molar-refractivity contribution in [3.63, 3.8) is 0 Å². The molecular weight excluding hydrogens is 425 g/mol. The molecule has 122 valence electrons. The first-order chi connectivity index (χ1) is 10.7. The van der Waals surface area contributed by atoms with E-state index in [1.807, 2.05) is 41.6 Å². The zero-order valence-electron chi connectivity index (χ0n) is 13.4. The van der Waals surface area contributed by atoms with Gasteiger partial charge in [0.2, 0.25) is 5.91 Å². The Balaban J connectivity index is 2.74. The van der Waals surface area contributed by atoms with Crippen LogP contribution in [0, 0.1) is 24.3 Å². The van der Waals surface area contributed by atoms with Gasteiger partial charge in [0.1, 0.15) is 0 Å². The number of benzene rings is 2. The van der Waals surface area contributed by atoms with Crippen LogP contribution in [0.25, 0.3) is 0 Å². The van der Waals surface area contributed by atoms with Crippen LogP contribution in [0.5, 0.6) is 0 Å². The number of carbonyl (C=O) groups excluding carboxylic acids is 1. The Labute approximate surface area is 150 Å². The minimum atomic E-state index is -3.97. The van der Waals surface area contributed by atoms with Gasteiger partial charge in [0, 0.05) is 10.5 Å². The number of amides is 1. The fourth-order valence-corrected chi connectivity index (χ4v) is 5.41. The number of aryl methyl sites for hydroxylation is 3. The standard InChI is InChI=1S/C17H18INO3S/c1-11-9-12(2)17(13(3)10-11)23(21,22)19(14(4)20)16-8-6-5-7-15(16)18/h5-10H,1-4H3. The van der Waals surface area contributed by atoms with Crippen molar-refractivity contribution in [1.29, 1.82) is 0 Å². The van der Waals surface area contributed by atoms with E-state index >= 15 is 0 Å². The van der Waals surface area contributed by atoms with Crippen LogP contribution in [0.2, 0.25) is 0 Å². The number of nitrogens with zero attached hydrogens (tertiary/aromatic N) is 1. The maximum absolute atomic E-state index is 13.2. The topological polar surface area (TPSA) is 54.5 Å². The maximum Gasteiger partial charge on any atom is 0.271 e. The van der Waals surface area contributed by atoms with Gasteiger partial charge in [-0.15, -0.1) is 0 Å². The molecule has 2 rings (SSSR count). The van der Waals surface area contributed by atoms with Crippen LogP contribution in [-0.2, 0) is 14.8 Å². The number of para-hydroxylation sites is 1. The summed E-state index contributed by atoms with van der Waals surface area (Å²) in [6.45, 7) is 6.68. The third-order valence-electron chi connectivity index (χ3n) is 3.46. The lowest BCUT2D eigenvalue weighted by atomic mass is 10.1. The highest BCUT2D eigenvalue weighted by Crippen LogP contribution is 2.31. The predicted molar refractivity (Wildman–Crippen MR) is 100 cm³/mol. The summed E-state index contributed by atoms with van der Waals surface area (Å²) in [7, 11) is -3.97. The summed E-state index contributed by atoms with van der Waals surface area (Å²) >= 11 is 2.03. The predicted octanol–water partition coefficient (Wildman–Crippen LogP) is 3.96. The number of hydrogen-bond acceptors (Lipinski definition) is 3. The molecule has 0 aliphatic heterocycles. The molecule has 4 nitrogen and oxygen atoms in total. The second-order valence-corrected chi connectivity index (χ2v) is 8.35. The van der Waals surface area contributed by atoms with Crippen molar-refractivity contribution in [1.82, 2.24) is 0 Å². The Kier molecular flexibility index (Phi) is 5.15. The van der Waals surface area contributed by atoms with E-state index in [0.29, 0.717) is 20.4 Å². The molecule has 0 unspecified atom stereocenters. The number of hydrogen-bond donors (Lipinski definition) is 0. The van der Waals surface area contributed by atoms with Crippen LogP contribution in [0.3, 0.4) is 0 Å². The minimum Gasteiger partial charge on any atom is -0.274 e. The fourth-order valence-electron chi connectivity index (χ4n) is 2.75. The zero-order valence-corrected chi connectivity index (χ0v) is 16.4. The Morgan fingerprint density at radius 3 is 2.04 bits per heavy atom. The Hall–Kier alpha value is -1.41. The molecule has 2 aromatic rings. The third-order valence-corrected chi connectivity index (χ3v) is 6.47. The average Bonchev–Trinajstić information content (AvgIpc) is 2.38. The smallest absolute Gasteiger partial charge is 0.271 e. The summed E-state index contributed by atoms with van der Waals surface area (Å²) in [5, 5.41) is 0. The Morgan fingerprint density at radius 2 is 1.57 bits per heavy atom. The number of sulfonamides is 1. The summed E-state index contributed by atoms with van der Waals surface area (Å²) < 4.78 is 28.0. The average molecular weight is 443 g/mol. The van der Waals surface area contributed by atoms with Crippen LogP contribution < -0.4 is 4.31 Å². The SMILES string of the molecule is CC(=O)N(c1ccccc1I)S(=O)(=O)c1c(C)cc(C)cc1C. The highest BCUT2D eigenvalue weighted by atomic mass is 127. The van der Waals surface area contributed by atoms with Gasteiger partial charge in [-0.25, -0.2) is 12.7 Å². The van der Waals surface area contributed by atoms with Crippen molar-refractivity contribution < 1.29 is 13.2 Å². The lowest BCUT2D eigenvalue weighted by molar-refractivity contribution is -0.115. The second kappa shape index (κ2) is 6.60. The maximum atomic E-state index is 13.2. The van der Waals surface area contributed by atoms with E-state index in [-0.39, 0.29) is 4.90 Å². The first-order valence-electron chi connectivity index (χ1n) is 7.04.